The lowest BCUT2D eigenvalue weighted by atomic mass is 9.99. The molecule has 0 spiro atoms. The topological polar surface area (TPSA) is 44.1 Å². The van der Waals surface area contributed by atoms with Crippen molar-refractivity contribution in [2.45, 2.75) is 18.8 Å². The van der Waals surface area contributed by atoms with Gasteiger partial charge in [0.05, 0.1) is 17.6 Å². The van der Waals surface area contributed by atoms with E-state index >= 15 is 0 Å². The van der Waals surface area contributed by atoms with Gasteiger partial charge in [-0.05, 0) is 37.5 Å². The van der Waals surface area contributed by atoms with E-state index in [4.69, 9.17) is 5.26 Å². The van der Waals surface area contributed by atoms with Crippen molar-refractivity contribution < 1.29 is 4.79 Å². The quantitative estimate of drug-likeness (QED) is 0.776. The molecule has 0 saturated carbocycles. The number of benzene rings is 1. The maximum Gasteiger partial charge on any atom is 0.230 e. The summed E-state index contributed by atoms with van der Waals surface area (Å²) < 4.78 is 0. The fraction of sp³-hybridized carbons (Fsp3) is 0.357. The number of nitriles is 1. The minimum atomic E-state index is -0.360. The van der Waals surface area contributed by atoms with Crippen LogP contribution in [0.25, 0.3) is 0 Å². The van der Waals surface area contributed by atoms with E-state index in [1.807, 2.05) is 17.0 Å². The second-order valence-corrected chi connectivity index (χ2v) is 4.32. The van der Waals surface area contributed by atoms with Gasteiger partial charge in [0.15, 0.2) is 0 Å². The molecular formula is C14H15N2O. The van der Waals surface area contributed by atoms with Gasteiger partial charge in [0, 0.05) is 13.1 Å². The number of amides is 1. The number of carbonyl (C=O) groups is 1. The van der Waals surface area contributed by atoms with Crippen LogP contribution in [0.15, 0.2) is 24.3 Å². The highest BCUT2D eigenvalue weighted by Gasteiger charge is 2.24. The highest BCUT2D eigenvalue weighted by molar-refractivity contribution is 5.84. The monoisotopic (exact) mass is 227 g/mol. The molecule has 1 fully saturated rings. The molecule has 0 aliphatic carbocycles. The Morgan fingerprint density at radius 3 is 2.41 bits per heavy atom. The lowest BCUT2D eigenvalue weighted by Gasteiger charge is -2.20. The first-order valence-corrected chi connectivity index (χ1v) is 5.84. The summed E-state index contributed by atoms with van der Waals surface area (Å²) in [5, 5.41) is 8.71. The van der Waals surface area contributed by atoms with Crippen molar-refractivity contribution in [2.24, 2.45) is 0 Å². The predicted molar refractivity (Wildman–Crippen MR) is 65.1 cm³/mol. The molecule has 1 aliphatic heterocycles. The molecule has 1 radical (unpaired) electrons. The lowest BCUT2D eigenvalue weighted by Crippen LogP contribution is -2.31. The molecule has 2 rings (SSSR count). The molecule has 0 N–H and O–H groups in total. The molecule has 3 heteroatoms. The maximum atomic E-state index is 12.1. The molecular weight excluding hydrogens is 212 g/mol. The van der Waals surface area contributed by atoms with Crippen LogP contribution in [0, 0.1) is 18.3 Å². The van der Waals surface area contributed by atoms with Crippen LogP contribution in [0.4, 0.5) is 0 Å². The Kier molecular flexibility index (Phi) is 3.43. The lowest BCUT2D eigenvalue weighted by molar-refractivity contribution is -0.130. The van der Waals surface area contributed by atoms with Gasteiger partial charge in [-0.2, -0.15) is 5.26 Å². The summed E-state index contributed by atoms with van der Waals surface area (Å²) in [4.78, 5) is 14.0. The van der Waals surface area contributed by atoms with Crippen molar-refractivity contribution in [3.05, 3.63) is 42.3 Å². The summed E-state index contributed by atoms with van der Waals surface area (Å²) in [5.41, 5.74) is 1.48. The van der Waals surface area contributed by atoms with Crippen LogP contribution in [-0.2, 0) is 4.79 Å². The third kappa shape index (κ3) is 2.47. The summed E-state index contributed by atoms with van der Waals surface area (Å²) >= 11 is 0. The molecule has 0 bridgehead atoms. The number of rotatable bonds is 2. The van der Waals surface area contributed by atoms with Crippen molar-refractivity contribution >= 4 is 5.91 Å². The molecule has 1 aromatic rings. The van der Waals surface area contributed by atoms with Crippen molar-refractivity contribution in [3.8, 4) is 6.07 Å². The Hall–Kier alpha value is -1.82. The van der Waals surface area contributed by atoms with Crippen molar-refractivity contribution in [2.75, 3.05) is 13.1 Å². The Bertz CT molecular complexity index is 438. The first-order chi connectivity index (χ1) is 8.22. The molecule has 1 aliphatic rings. The number of nitrogens with zero attached hydrogens (tertiary/aromatic N) is 2. The number of hydrogen-bond acceptors (Lipinski definition) is 2. The van der Waals surface area contributed by atoms with E-state index in [2.05, 4.69) is 13.0 Å². The highest BCUT2D eigenvalue weighted by Crippen LogP contribution is 2.20. The van der Waals surface area contributed by atoms with Crippen LogP contribution >= 0.6 is 0 Å². The van der Waals surface area contributed by atoms with Gasteiger partial charge in [0.25, 0.3) is 0 Å². The van der Waals surface area contributed by atoms with Crippen molar-refractivity contribution in [1.82, 2.24) is 4.90 Å². The molecule has 0 unspecified atom stereocenters. The first kappa shape index (κ1) is 11.7. The summed E-state index contributed by atoms with van der Waals surface area (Å²) in [6.07, 6.45) is 2.18. The van der Waals surface area contributed by atoms with Gasteiger partial charge in [-0.15, -0.1) is 0 Å². The first-order valence-electron chi connectivity index (χ1n) is 5.84. The van der Waals surface area contributed by atoms with Gasteiger partial charge >= 0.3 is 0 Å². The Morgan fingerprint density at radius 2 is 1.88 bits per heavy atom. The summed E-state index contributed by atoms with van der Waals surface area (Å²) in [6.45, 7) is 5.63. The van der Waals surface area contributed by atoms with E-state index in [0.717, 1.165) is 31.5 Å². The zero-order chi connectivity index (χ0) is 12.3. The van der Waals surface area contributed by atoms with Gasteiger partial charge in [-0.3, -0.25) is 4.79 Å². The van der Waals surface area contributed by atoms with Crippen LogP contribution in [0.2, 0.25) is 0 Å². The molecule has 0 aromatic heterocycles. The van der Waals surface area contributed by atoms with Crippen LogP contribution < -0.4 is 0 Å². The van der Waals surface area contributed by atoms with Gasteiger partial charge < -0.3 is 4.90 Å². The zero-order valence-electron chi connectivity index (χ0n) is 9.72. The molecule has 1 heterocycles. The number of hydrogen-bond donors (Lipinski definition) is 0. The van der Waals surface area contributed by atoms with Crippen LogP contribution in [0.5, 0.6) is 0 Å². The Morgan fingerprint density at radius 1 is 1.29 bits per heavy atom. The summed E-state index contributed by atoms with van der Waals surface area (Å²) in [7, 11) is 0. The maximum absolute atomic E-state index is 12.1. The van der Waals surface area contributed by atoms with Crippen LogP contribution in [0.3, 0.4) is 0 Å². The van der Waals surface area contributed by atoms with Crippen molar-refractivity contribution in [3.63, 3.8) is 0 Å². The second kappa shape index (κ2) is 5.01. The minimum Gasteiger partial charge on any atom is -0.342 e. The molecule has 1 aromatic carbocycles. The predicted octanol–water partition coefficient (Wildman–Crippen LogP) is 2.10. The Labute approximate surface area is 102 Å². The largest absolute Gasteiger partial charge is 0.342 e. The summed E-state index contributed by atoms with van der Waals surface area (Å²) in [5.74, 6) is -0.270. The van der Waals surface area contributed by atoms with Gasteiger partial charge in [0.1, 0.15) is 0 Å². The minimum absolute atomic E-state index is 0.0900. The molecule has 3 nitrogen and oxygen atoms in total. The zero-order valence-corrected chi connectivity index (χ0v) is 9.72. The van der Waals surface area contributed by atoms with E-state index in [1.165, 1.54) is 0 Å². The van der Waals surface area contributed by atoms with E-state index in [9.17, 15) is 4.79 Å². The normalized spacial score (nSPS) is 16.6. The second-order valence-electron chi connectivity index (χ2n) is 4.32. The highest BCUT2D eigenvalue weighted by atomic mass is 16.2. The molecule has 87 valence electrons. The molecule has 1 saturated heterocycles. The van der Waals surface area contributed by atoms with Crippen molar-refractivity contribution in [1.29, 1.82) is 5.26 Å². The fourth-order valence-electron chi connectivity index (χ4n) is 2.09. The fourth-order valence-corrected chi connectivity index (χ4v) is 2.09. The third-order valence-electron chi connectivity index (χ3n) is 3.16. The SMILES string of the molecule is [CH2][C@@H](C(=O)N1CCCC1)c1ccc(C#N)cc1. The average molecular weight is 227 g/mol. The van der Waals surface area contributed by atoms with E-state index in [1.54, 1.807) is 12.1 Å². The molecule has 1 atom stereocenters. The van der Waals surface area contributed by atoms with Gasteiger partial charge in [-0.25, -0.2) is 0 Å². The summed E-state index contributed by atoms with van der Waals surface area (Å²) in [6, 6.07) is 9.14. The smallest absolute Gasteiger partial charge is 0.230 e. The Balaban J connectivity index is 2.10. The van der Waals surface area contributed by atoms with Gasteiger partial charge in [0.2, 0.25) is 5.91 Å². The standard InChI is InChI=1S/C14H15N2O/c1-11(14(17)16-8-2-3-9-16)13-6-4-12(10-15)5-7-13/h4-7,11H,1-3,8-9H2/t11-/m1/s1. The van der Waals surface area contributed by atoms with E-state index in [0.29, 0.717) is 5.56 Å². The van der Waals surface area contributed by atoms with E-state index < -0.39 is 0 Å². The van der Waals surface area contributed by atoms with Crippen LogP contribution in [-0.4, -0.2) is 23.9 Å². The van der Waals surface area contributed by atoms with Crippen LogP contribution in [0.1, 0.15) is 29.9 Å². The third-order valence-corrected chi connectivity index (χ3v) is 3.16. The molecule has 17 heavy (non-hydrogen) atoms. The number of likely N-dealkylation sites (tertiary alicyclic amines) is 1. The van der Waals surface area contributed by atoms with E-state index in [-0.39, 0.29) is 11.8 Å². The molecule has 1 amide bonds. The number of carbonyl (C=O) groups excluding carboxylic acids is 1. The van der Waals surface area contributed by atoms with Gasteiger partial charge in [-0.1, -0.05) is 12.1 Å². The average Bonchev–Trinajstić information content (AvgIpc) is 2.91.